The van der Waals surface area contributed by atoms with E-state index >= 15 is 0 Å². The van der Waals surface area contributed by atoms with Gasteiger partial charge in [0.05, 0.1) is 0 Å². The van der Waals surface area contributed by atoms with Gasteiger partial charge in [-0.2, -0.15) is 0 Å². The minimum absolute atomic E-state index is 0.773. The molecule has 2 nitrogen and oxygen atoms in total. The molecule has 0 unspecified atom stereocenters. The van der Waals surface area contributed by atoms with Crippen molar-refractivity contribution in [3.63, 3.8) is 0 Å². The van der Waals surface area contributed by atoms with Crippen LogP contribution < -0.4 is 5.73 Å². The van der Waals surface area contributed by atoms with Crippen LogP contribution in [0.5, 0.6) is 0 Å². The van der Waals surface area contributed by atoms with E-state index in [-0.39, 0.29) is 0 Å². The number of rotatable bonds is 3. The van der Waals surface area contributed by atoms with E-state index in [1.54, 1.807) is 0 Å². The first kappa shape index (κ1) is 10.1. The van der Waals surface area contributed by atoms with Crippen molar-refractivity contribution in [3.8, 4) is 0 Å². The van der Waals surface area contributed by atoms with Crippen molar-refractivity contribution in [1.82, 2.24) is 4.90 Å². The molecule has 0 aliphatic carbocycles. The van der Waals surface area contributed by atoms with Crippen molar-refractivity contribution in [2.75, 3.05) is 19.6 Å². The maximum atomic E-state index is 5.67. The Morgan fingerprint density at radius 1 is 1.43 bits per heavy atom. The van der Waals surface area contributed by atoms with E-state index in [1.807, 2.05) is 11.3 Å². The second-order valence-corrected chi connectivity index (χ2v) is 5.07. The first-order chi connectivity index (χ1) is 6.88. The number of piperidine rings is 1. The Kier molecular flexibility index (Phi) is 3.56. The predicted molar refractivity (Wildman–Crippen MR) is 61.4 cm³/mol. The molecule has 1 saturated heterocycles. The van der Waals surface area contributed by atoms with E-state index in [0.29, 0.717) is 0 Å². The first-order valence-corrected chi connectivity index (χ1v) is 6.21. The third-order valence-electron chi connectivity index (χ3n) is 3.00. The summed E-state index contributed by atoms with van der Waals surface area (Å²) >= 11 is 1.86. The summed E-state index contributed by atoms with van der Waals surface area (Å²) in [6, 6.07) is 4.35. The van der Waals surface area contributed by atoms with Crippen molar-refractivity contribution in [3.05, 3.63) is 22.4 Å². The maximum absolute atomic E-state index is 5.67. The summed E-state index contributed by atoms with van der Waals surface area (Å²) in [5.41, 5.74) is 5.67. The van der Waals surface area contributed by atoms with E-state index in [2.05, 4.69) is 22.4 Å². The fourth-order valence-electron chi connectivity index (χ4n) is 2.00. The summed E-state index contributed by atoms with van der Waals surface area (Å²) in [6.45, 7) is 4.45. The molecule has 1 aliphatic heterocycles. The molecule has 1 aromatic heterocycles. The molecule has 2 N–H and O–H groups in total. The Morgan fingerprint density at radius 2 is 2.21 bits per heavy atom. The summed E-state index contributed by atoms with van der Waals surface area (Å²) in [4.78, 5) is 4.02. The molecule has 0 amide bonds. The normalized spacial score (nSPS) is 20.1. The lowest BCUT2D eigenvalue weighted by molar-refractivity contribution is 0.182. The zero-order chi connectivity index (χ0) is 9.80. The largest absolute Gasteiger partial charge is 0.330 e. The van der Waals surface area contributed by atoms with Crippen molar-refractivity contribution in [2.45, 2.75) is 19.4 Å². The van der Waals surface area contributed by atoms with E-state index < -0.39 is 0 Å². The third-order valence-corrected chi connectivity index (χ3v) is 3.86. The van der Waals surface area contributed by atoms with Crippen molar-refractivity contribution < 1.29 is 0 Å². The summed E-state index contributed by atoms with van der Waals surface area (Å²) in [5, 5.41) is 2.15. The Labute approximate surface area is 89.7 Å². The Morgan fingerprint density at radius 3 is 2.79 bits per heavy atom. The van der Waals surface area contributed by atoms with E-state index in [4.69, 9.17) is 5.73 Å². The van der Waals surface area contributed by atoms with Crippen LogP contribution in [-0.2, 0) is 6.54 Å². The predicted octanol–water partition coefficient (Wildman–Crippen LogP) is 1.92. The van der Waals surface area contributed by atoms with E-state index in [1.165, 1.54) is 30.8 Å². The zero-order valence-electron chi connectivity index (χ0n) is 8.48. The Bertz CT molecular complexity index is 250. The van der Waals surface area contributed by atoms with Crippen LogP contribution in [-0.4, -0.2) is 24.5 Å². The third kappa shape index (κ3) is 2.56. The molecule has 2 heterocycles. The van der Waals surface area contributed by atoms with Gasteiger partial charge in [-0.05, 0) is 49.8 Å². The standard InChI is InChI=1S/C11H18N2S/c12-8-10-3-5-13(6-4-10)9-11-2-1-7-14-11/h1-2,7,10H,3-6,8-9,12H2. The molecule has 1 aliphatic rings. The van der Waals surface area contributed by atoms with Gasteiger partial charge in [0, 0.05) is 11.4 Å². The Hall–Kier alpha value is -0.380. The Balaban J connectivity index is 1.79. The van der Waals surface area contributed by atoms with E-state index in [0.717, 1.165) is 19.0 Å². The van der Waals surface area contributed by atoms with Gasteiger partial charge in [0.25, 0.3) is 0 Å². The molecule has 1 fully saturated rings. The monoisotopic (exact) mass is 210 g/mol. The fraction of sp³-hybridized carbons (Fsp3) is 0.636. The van der Waals surface area contributed by atoms with Gasteiger partial charge in [-0.1, -0.05) is 6.07 Å². The quantitative estimate of drug-likeness (QED) is 0.826. The topological polar surface area (TPSA) is 29.3 Å². The molecule has 0 spiro atoms. The van der Waals surface area contributed by atoms with Gasteiger partial charge in [0.2, 0.25) is 0 Å². The maximum Gasteiger partial charge on any atom is 0.0327 e. The minimum Gasteiger partial charge on any atom is -0.330 e. The second kappa shape index (κ2) is 4.91. The number of likely N-dealkylation sites (tertiary alicyclic amines) is 1. The van der Waals surface area contributed by atoms with Gasteiger partial charge < -0.3 is 5.73 Å². The van der Waals surface area contributed by atoms with Gasteiger partial charge in [-0.3, -0.25) is 4.90 Å². The highest BCUT2D eigenvalue weighted by atomic mass is 32.1. The SMILES string of the molecule is NCC1CCN(Cc2cccs2)CC1. The van der Waals surface area contributed by atoms with Gasteiger partial charge in [-0.15, -0.1) is 11.3 Å². The van der Waals surface area contributed by atoms with Gasteiger partial charge >= 0.3 is 0 Å². The van der Waals surface area contributed by atoms with Crippen LogP contribution in [0, 0.1) is 5.92 Å². The van der Waals surface area contributed by atoms with E-state index in [9.17, 15) is 0 Å². The van der Waals surface area contributed by atoms with Crippen LogP contribution in [0.2, 0.25) is 0 Å². The lowest BCUT2D eigenvalue weighted by Gasteiger charge is -2.30. The van der Waals surface area contributed by atoms with Crippen LogP contribution in [0.3, 0.4) is 0 Å². The molecule has 0 bridgehead atoms. The number of thiophene rings is 1. The van der Waals surface area contributed by atoms with Crippen molar-refractivity contribution in [1.29, 1.82) is 0 Å². The summed E-state index contributed by atoms with van der Waals surface area (Å²) < 4.78 is 0. The lowest BCUT2D eigenvalue weighted by atomic mass is 9.97. The first-order valence-electron chi connectivity index (χ1n) is 5.33. The molecule has 1 aromatic rings. The average Bonchev–Trinajstić information content (AvgIpc) is 2.72. The van der Waals surface area contributed by atoms with Crippen molar-refractivity contribution >= 4 is 11.3 Å². The molecule has 14 heavy (non-hydrogen) atoms. The lowest BCUT2D eigenvalue weighted by Crippen LogP contribution is -2.35. The molecule has 0 aromatic carbocycles. The highest BCUT2D eigenvalue weighted by Gasteiger charge is 2.17. The summed E-state index contributed by atoms with van der Waals surface area (Å²) in [7, 11) is 0. The van der Waals surface area contributed by atoms with Crippen LogP contribution in [0.15, 0.2) is 17.5 Å². The summed E-state index contributed by atoms with van der Waals surface area (Å²) in [5.74, 6) is 0.773. The number of hydrogen-bond donors (Lipinski definition) is 1. The molecule has 0 radical (unpaired) electrons. The fourth-order valence-corrected chi connectivity index (χ4v) is 2.75. The second-order valence-electron chi connectivity index (χ2n) is 4.03. The van der Waals surface area contributed by atoms with Gasteiger partial charge in [0.1, 0.15) is 0 Å². The molecule has 0 atom stereocenters. The highest BCUT2D eigenvalue weighted by Crippen LogP contribution is 2.19. The molecule has 2 rings (SSSR count). The number of nitrogens with zero attached hydrogens (tertiary/aromatic N) is 1. The molecular formula is C11H18N2S. The number of nitrogens with two attached hydrogens (primary N) is 1. The molecular weight excluding hydrogens is 192 g/mol. The van der Waals surface area contributed by atoms with Crippen LogP contribution in [0.25, 0.3) is 0 Å². The van der Waals surface area contributed by atoms with Gasteiger partial charge in [-0.25, -0.2) is 0 Å². The smallest absolute Gasteiger partial charge is 0.0327 e. The minimum atomic E-state index is 0.773. The van der Waals surface area contributed by atoms with Crippen LogP contribution >= 0.6 is 11.3 Å². The molecule has 0 saturated carbocycles. The summed E-state index contributed by atoms with van der Waals surface area (Å²) in [6.07, 6.45) is 2.56. The van der Waals surface area contributed by atoms with Crippen molar-refractivity contribution in [2.24, 2.45) is 11.7 Å². The average molecular weight is 210 g/mol. The van der Waals surface area contributed by atoms with Crippen LogP contribution in [0.4, 0.5) is 0 Å². The van der Waals surface area contributed by atoms with Gasteiger partial charge in [0.15, 0.2) is 0 Å². The highest BCUT2D eigenvalue weighted by molar-refractivity contribution is 7.09. The zero-order valence-corrected chi connectivity index (χ0v) is 9.30. The number of hydrogen-bond acceptors (Lipinski definition) is 3. The molecule has 78 valence electrons. The van der Waals surface area contributed by atoms with Crippen LogP contribution in [0.1, 0.15) is 17.7 Å². The molecule has 3 heteroatoms.